The molecule has 0 aromatic carbocycles. The second-order valence-electron chi connectivity index (χ2n) is 8.63. The fourth-order valence-electron chi connectivity index (χ4n) is 3.99. The Labute approximate surface area is 157 Å². The number of hydrogen-bond donors (Lipinski definition) is 0. The number of nitrogens with zero attached hydrogens (tertiary/aromatic N) is 3. The SMILES string of the molecule is Cc1cc(N2CCCCC2)ncc1[C@H]1CCCCN1C(=O)OC(C)(C)C. The van der Waals surface area contributed by atoms with Gasteiger partial charge in [0.2, 0.25) is 0 Å². The molecule has 5 heteroatoms. The fraction of sp³-hybridized carbons (Fsp3) is 0.714. The first-order valence-corrected chi connectivity index (χ1v) is 10.1. The maximum atomic E-state index is 12.7. The van der Waals surface area contributed by atoms with Crippen LogP contribution in [0, 0.1) is 6.92 Å². The number of hydrogen-bond acceptors (Lipinski definition) is 4. The molecule has 0 bridgehead atoms. The van der Waals surface area contributed by atoms with Crippen molar-refractivity contribution in [2.75, 3.05) is 24.5 Å². The highest BCUT2D eigenvalue weighted by Crippen LogP contribution is 2.34. The fourth-order valence-corrected chi connectivity index (χ4v) is 3.99. The molecule has 1 aromatic rings. The van der Waals surface area contributed by atoms with Gasteiger partial charge in [0.05, 0.1) is 6.04 Å². The molecule has 1 atom stereocenters. The quantitative estimate of drug-likeness (QED) is 0.758. The van der Waals surface area contributed by atoms with E-state index in [1.807, 2.05) is 31.9 Å². The van der Waals surface area contributed by atoms with Crippen LogP contribution in [0.4, 0.5) is 10.6 Å². The molecule has 2 fully saturated rings. The number of carbonyl (C=O) groups is 1. The molecule has 2 aliphatic rings. The van der Waals surface area contributed by atoms with E-state index in [-0.39, 0.29) is 12.1 Å². The van der Waals surface area contributed by atoms with E-state index in [1.165, 1.54) is 24.8 Å². The molecule has 3 rings (SSSR count). The van der Waals surface area contributed by atoms with Crippen LogP contribution in [0.3, 0.4) is 0 Å². The standard InChI is InChI=1S/C21H33N3O2/c1-16-14-19(23-11-7-5-8-12-23)22-15-17(16)18-10-6-9-13-24(18)20(25)26-21(2,3)4/h14-15,18H,5-13H2,1-4H3/t18-/m1/s1. The van der Waals surface area contributed by atoms with Crippen LogP contribution in [0.25, 0.3) is 0 Å². The highest BCUT2D eigenvalue weighted by atomic mass is 16.6. The van der Waals surface area contributed by atoms with Gasteiger partial charge in [0.1, 0.15) is 11.4 Å². The van der Waals surface area contributed by atoms with Crippen molar-refractivity contribution in [3.05, 3.63) is 23.4 Å². The van der Waals surface area contributed by atoms with Gasteiger partial charge in [0.25, 0.3) is 0 Å². The topological polar surface area (TPSA) is 45.7 Å². The summed E-state index contributed by atoms with van der Waals surface area (Å²) in [7, 11) is 0. The Morgan fingerprint density at radius 3 is 2.46 bits per heavy atom. The molecule has 1 aromatic heterocycles. The third kappa shape index (κ3) is 4.49. The van der Waals surface area contributed by atoms with Crippen molar-refractivity contribution in [2.24, 2.45) is 0 Å². The molecule has 1 amide bonds. The zero-order valence-electron chi connectivity index (χ0n) is 16.8. The smallest absolute Gasteiger partial charge is 0.410 e. The first-order valence-electron chi connectivity index (χ1n) is 10.1. The molecular weight excluding hydrogens is 326 g/mol. The number of amides is 1. The van der Waals surface area contributed by atoms with Crippen molar-refractivity contribution in [1.29, 1.82) is 0 Å². The zero-order valence-corrected chi connectivity index (χ0v) is 16.8. The Balaban J connectivity index is 1.79. The molecule has 0 saturated carbocycles. The summed E-state index contributed by atoms with van der Waals surface area (Å²) in [5.41, 5.74) is 1.92. The molecule has 3 heterocycles. The summed E-state index contributed by atoms with van der Waals surface area (Å²) in [6.45, 7) is 10.9. The van der Waals surface area contributed by atoms with E-state index < -0.39 is 5.60 Å². The summed E-state index contributed by atoms with van der Waals surface area (Å²) < 4.78 is 5.65. The van der Waals surface area contributed by atoms with Gasteiger partial charge in [0, 0.05) is 25.8 Å². The molecule has 2 aliphatic heterocycles. The summed E-state index contributed by atoms with van der Waals surface area (Å²) in [6.07, 6.45) is 8.75. The van der Waals surface area contributed by atoms with E-state index in [9.17, 15) is 4.79 Å². The summed E-state index contributed by atoms with van der Waals surface area (Å²) in [5, 5.41) is 0. The van der Waals surface area contributed by atoms with Crippen molar-refractivity contribution in [3.63, 3.8) is 0 Å². The van der Waals surface area contributed by atoms with E-state index >= 15 is 0 Å². The van der Waals surface area contributed by atoms with Gasteiger partial charge in [-0.05, 0) is 83.4 Å². The molecule has 0 aliphatic carbocycles. The highest BCUT2D eigenvalue weighted by Gasteiger charge is 2.32. The Morgan fingerprint density at radius 1 is 1.12 bits per heavy atom. The molecule has 0 N–H and O–H groups in total. The molecule has 0 unspecified atom stereocenters. The van der Waals surface area contributed by atoms with Gasteiger partial charge in [-0.25, -0.2) is 9.78 Å². The molecule has 0 spiro atoms. The summed E-state index contributed by atoms with van der Waals surface area (Å²) in [6, 6.07) is 2.27. The number of aromatic nitrogens is 1. The van der Waals surface area contributed by atoms with Gasteiger partial charge in [-0.1, -0.05) is 0 Å². The molecule has 5 nitrogen and oxygen atoms in total. The minimum Gasteiger partial charge on any atom is -0.444 e. The number of piperidine rings is 2. The number of aryl methyl sites for hydroxylation is 1. The number of rotatable bonds is 2. The van der Waals surface area contributed by atoms with Gasteiger partial charge in [-0.3, -0.25) is 0 Å². The third-order valence-corrected chi connectivity index (χ3v) is 5.31. The summed E-state index contributed by atoms with van der Waals surface area (Å²) in [4.78, 5) is 21.7. The molecule has 144 valence electrons. The van der Waals surface area contributed by atoms with Crippen molar-refractivity contribution in [3.8, 4) is 0 Å². The van der Waals surface area contributed by atoms with E-state index in [2.05, 4.69) is 17.9 Å². The average molecular weight is 360 g/mol. The first kappa shape index (κ1) is 19.0. The van der Waals surface area contributed by atoms with E-state index in [4.69, 9.17) is 9.72 Å². The van der Waals surface area contributed by atoms with Crippen molar-refractivity contribution in [2.45, 2.75) is 77.9 Å². The normalized spacial score (nSPS) is 21.6. The average Bonchev–Trinajstić information content (AvgIpc) is 2.61. The third-order valence-electron chi connectivity index (χ3n) is 5.31. The molecule has 0 radical (unpaired) electrons. The van der Waals surface area contributed by atoms with Crippen LogP contribution in [0.5, 0.6) is 0 Å². The van der Waals surface area contributed by atoms with Gasteiger partial charge in [0.15, 0.2) is 0 Å². The largest absolute Gasteiger partial charge is 0.444 e. The Kier molecular flexibility index (Phi) is 5.73. The van der Waals surface area contributed by atoms with E-state index in [0.29, 0.717) is 0 Å². The lowest BCUT2D eigenvalue weighted by molar-refractivity contribution is 0.00942. The van der Waals surface area contributed by atoms with Gasteiger partial charge < -0.3 is 14.5 Å². The predicted molar refractivity (Wildman–Crippen MR) is 105 cm³/mol. The number of likely N-dealkylation sites (tertiary alicyclic amines) is 1. The van der Waals surface area contributed by atoms with Gasteiger partial charge >= 0.3 is 6.09 Å². The van der Waals surface area contributed by atoms with E-state index in [0.717, 1.165) is 50.3 Å². The number of pyridine rings is 1. The molecule has 2 saturated heterocycles. The molecule has 26 heavy (non-hydrogen) atoms. The number of ether oxygens (including phenoxy) is 1. The van der Waals surface area contributed by atoms with Crippen LogP contribution in [0.1, 0.15) is 76.5 Å². The van der Waals surface area contributed by atoms with Crippen LogP contribution in [0.2, 0.25) is 0 Å². The van der Waals surface area contributed by atoms with Crippen LogP contribution >= 0.6 is 0 Å². The van der Waals surface area contributed by atoms with Crippen LogP contribution in [0.15, 0.2) is 12.3 Å². The maximum absolute atomic E-state index is 12.7. The van der Waals surface area contributed by atoms with Crippen molar-refractivity contribution >= 4 is 11.9 Å². The van der Waals surface area contributed by atoms with Crippen LogP contribution < -0.4 is 4.90 Å². The van der Waals surface area contributed by atoms with Crippen molar-refractivity contribution < 1.29 is 9.53 Å². The maximum Gasteiger partial charge on any atom is 0.410 e. The number of carbonyl (C=O) groups excluding carboxylic acids is 1. The Hall–Kier alpha value is -1.78. The lowest BCUT2D eigenvalue weighted by Crippen LogP contribution is -2.42. The van der Waals surface area contributed by atoms with Crippen LogP contribution in [-0.4, -0.2) is 41.2 Å². The highest BCUT2D eigenvalue weighted by molar-refractivity contribution is 5.69. The van der Waals surface area contributed by atoms with Gasteiger partial charge in [-0.15, -0.1) is 0 Å². The van der Waals surface area contributed by atoms with Gasteiger partial charge in [-0.2, -0.15) is 0 Å². The molecular formula is C21H33N3O2. The lowest BCUT2D eigenvalue weighted by atomic mass is 9.94. The second kappa shape index (κ2) is 7.85. The minimum absolute atomic E-state index is 0.0708. The van der Waals surface area contributed by atoms with Crippen molar-refractivity contribution in [1.82, 2.24) is 9.88 Å². The number of anilines is 1. The Morgan fingerprint density at radius 2 is 1.81 bits per heavy atom. The summed E-state index contributed by atoms with van der Waals surface area (Å²) >= 11 is 0. The minimum atomic E-state index is -0.468. The summed E-state index contributed by atoms with van der Waals surface area (Å²) in [5.74, 6) is 1.07. The first-order chi connectivity index (χ1) is 12.3. The monoisotopic (exact) mass is 359 g/mol. The predicted octanol–water partition coefficient (Wildman–Crippen LogP) is 4.84. The van der Waals surface area contributed by atoms with E-state index in [1.54, 1.807) is 0 Å². The second-order valence-corrected chi connectivity index (χ2v) is 8.63. The zero-order chi connectivity index (χ0) is 18.7. The van der Waals surface area contributed by atoms with Crippen LogP contribution in [-0.2, 0) is 4.74 Å². The lowest BCUT2D eigenvalue weighted by Gasteiger charge is -2.37. The Bertz CT molecular complexity index is 633.